The van der Waals surface area contributed by atoms with E-state index in [-0.39, 0.29) is 11.5 Å². The molecule has 1 aliphatic rings. The number of fused-ring (bicyclic) bond motifs is 1. The van der Waals surface area contributed by atoms with Crippen LogP contribution in [0.5, 0.6) is 0 Å². The third kappa shape index (κ3) is 1.13. The Morgan fingerprint density at radius 1 is 1.69 bits per heavy atom. The van der Waals surface area contributed by atoms with Crippen LogP contribution in [0.1, 0.15) is 37.0 Å². The van der Waals surface area contributed by atoms with Crippen LogP contribution in [-0.4, -0.2) is 5.11 Å². The SMILES string of the molecule is C=C[C@]1(C)CC[C@@H](O)c2cocc21. The predicted molar refractivity (Wildman–Crippen MR) is 50.5 cm³/mol. The first-order chi connectivity index (χ1) is 6.17. The van der Waals surface area contributed by atoms with Gasteiger partial charge >= 0.3 is 0 Å². The molecule has 13 heavy (non-hydrogen) atoms. The van der Waals surface area contributed by atoms with E-state index in [1.807, 2.05) is 6.08 Å². The number of rotatable bonds is 1. The normalized spacial score (nSPS) is 32.6. The van der Waals surface area contributed by atoms with E-state index in [1.165, 1.54) is 0 Å². The van der Waals surface area contributed by atoms with Gasteiger partial charge < -0.3 is 9.52 Å². The van der Waals surface area contributed by atoms with Crippen molar-refractivity contribution < 1.29 is 9.52 Å². The van der Waals surface area contributed by atoms with Crippen LogP contribution in [0.25, 0.3) is 0 Å². The maximum absolute atomic E-state index is 9.68. The van der Waals surface area contributed by atoms with Gasteiger partial charge in [-0.2, -0.15) is 0 Å². The van der Waals surface area contributed by atoms with E-state index >= 15 is 0 Å². The molecule has 2 rings (SSSR count). The summed E-state index contributed by atoms with van der Waals surface area (Å²) in [5.74, 6) is 0. The molecule has 0 saturated heterocycles. The number of furan rings is 1. The largest absolute Gasteiger partial charge is 0.472 e. The van der Waals surface area contributed by atoms with Gasteiger partial charge in [0.25, 0.3) is 0 Å². The second-order valence-electron chi connectivity index (χ2n) is 3.92. The van der Waals surface area contributed by atoms with E-state index in [0.717, 1.165) is 24.0 Å². The second kappa shape index (κ2) is 2.74. The van der Waals surface area contributed by atoms with Gasteiger partial charge in [-0.1, -0.05) is 13.0 Å². The Labute approximate surface area is 77.9 Å². The highest BCUT2D eigenvalue weighted by Crippen LogP contribution is 2.42. The van der Waals surface area contributed by atoms with Crippen LogP contribution in [0.4, 0.5) is 0 Å². The summed E-state index contributed by atoms with van der Waals surface area (Å²) in [6.07, 6.45) is 6.66. The van der Waals surface area contributed by atoms with E-state index in [0.29, 0.717) is 0 Å². The first-order valence-electron chi connectivity index (χ1n) is 4.55. The molecule has 0 aromatic carbocycles. The molecule has 0 fully saturated rings. The summed E-state index contributed by atoms with van der Waals surface area (Å²) in [6.45, 7) is 5.96. The van der Waals surface area contributed by atoms with Gasteiger partial charge in [0.2, 0.25) is 0 Å². The predicted octanol–water partition coefficient (Wildman–Crippen LogP) is 2.55. The summed E-state index contributed by atoms with van der Waals surface area (Å²) in [4.78, 5) is 0. The third-order valence-corrected chi connectivity index (χ3v) is 3.05. The maximum atomic E-state index is 9.68. The summed E-state index contributed by atoms with van der Waals surface area (Å²) >= 11 is 0. The first kappa shape index (κ1) is 8.57. The molecule has 0 aliphatic heterocycles. The maximum Gasteiger partial charge on any atom is 0.0963 e. The van der Waals surface area contributed by atoms with Crippen molar-refractivity contribution in [2.45, 2.75) is 31.3 Å². The van der Waals surface area contributed by atoms with Gasteiger partial charge in [-0.3, -0.25) is 0 Å². The second-order valence-corrected chi connectivity index (χ2v) is 3.92. The zero-order valence-electron chi connectivity index (χ0n) is 7.79. The number of aliphatic hydroxyl groups is 1. The number of allylic oxidation sites excluding steroid dienone is 1. The first-order valence-corrected chi connectivity index (χ1v) is 4.55. The molecular formula is C11H14O2. The molecule has 1 aromatic heterocycles. The minimum absolute atomic E-state index is 0.0262. The number of hydrogen-bond donors (Lipinski definition) is 1. The standard InChI is InChI=1S/C11H14O2/c1-3-11(2)5-4-10(12)8-6-13-7-9(8)11/h3,6-7,10,12H,1,4-5H2,2H3/t10-,11-/m1/s1. The molecule has 0 spiro atoms. The molecule has 0 amide bonds. The Morgan fingerprint density at radius 2 is 2.46 bits per heavy atom. The molecule has 0 radical (unpaired) electrons. The summed E-state index contributed by atoms with van der Waals surface area (Å²) in [6, 6.07) is 0. The van der Waals surface area contributed by atoms with Crippen LogP contribution < -0.4 is 0 Å². The van der Waals surface area contributed by atoms with Gasteiger partial charge in [0.1, 0.15) is 0 Å². The van der Waals surface area contributed by atoms with Gasteiger partial charge in [0, 0.05) is 16.5 Å². The van der Waals surface area contributed by atoms with Crippen LogP contribution in [0.15, 0.2) is 29.6 Å². The highest BCUT2D eigenvalue weighted by Gasteiger charge is 2.34. The Kier molecular flexibility index (Phi) is 1.81. The molecule has 2 heteroatoms. The summed E-state index contributed by atoms with van der Waals surface area (Å²) in [7, 11) is 0. The van der Waals surface area contributed by atoms with Gasteiger partial charge in [0.15, 0.2) is 0 Å². The molecule has 1 aliphatic carbocycles. The molecule has 1 heterocycles. The van der Waals surface area contributed by atoms with Crippen LogP contribution in [0.3, 0.4) is 0 Å². The third-order valence-electron chi connectivity index (χ3n) is 3.05. The molecule has 2 nitrogen and oxygen atoms in total. The van der Waals surface area contributed by atoms with Crippen LogP contribution in [0.2, 0.25) is 0 Å². The molecule has 1 aromatic rings. The monoisotopic (exact) mass is 178 g/mol. The smallest absolute Gasteiger partial charge is 0.0963 e. The average Bonchev–Trinajstić information content (AvgIpc) is 2.62. The Balaban J connectivity index is 2.52. The Morgan fingerprint density at radius 3 is 3.15 bits per heavy atom. The van der Waals surface area contributed by atoms with E-state index < -0.39 is 0 Å². The zero-order valence-corrected chi connectivity index (χ0v) is 7.79. The van der Waals surface area contributed by atoms with Crippen LogP contribution in [-0.2, 0) is 5.41 Å². The summed E-state index contributed by atoms with van der Waals surface area (Å²) in [5.41, 5.74) is 1.98. The minimum Gasteiger partial charge on any atom is -0.472 e. The van der Waals surface area contributed by atoms with Crippen molar-refractivity contribution in [3.8, 4) is 0 Å². The van der Waals surface area contributed by atoms with Crippen molar-refractivity contribution in [3.63, 3.8) is 0 Å². The molecule has 0 bridgehead atoms. The average molecular weight is 178 g/mol. The quantitative estimate of drug-likeness (QED) is 0.670. The molecule has 0 unspecified atom stereocenters. The zero-order chi connectivity index (χ0) is 9.47. The summed E-state index contributed by atoms with van der Waals surface area (Å²) < 4.78 is 5.13. The van der Waals surface area contributed by atoms with Crippen LogP contribution in [0, 0.1) is 0 Å². The minimum atomic E-state index is -0.359. The van der Waals surface area contributed by atoms with Gasteiger partial charge in [-0.15, -0.1) is 6.58 Å². The highest BCUT2D eigenvalue weighted by molar-refractivity contribution is 5.37. The van der Waals surface area contributed by atoms with Gasteiger partial charge in [-0.25, -0.2) is 0 Å². The lowest BCUT2D eigenvalue weighted by Crippen LogP contribution is -2.25. The Hall–Kier alpha value is -1.02. The topological polar surface area (TPSA) is 33.4 Å². The summed E-state index contributed by atoms with van der Waals surface area (Å²) in [5, 5.41) is 9.68. The van der Waals surface area contributed by atoms with Crippen molar-refractivity contribution in [1.29, 1.82) is 0 Å². The molecule has 2 atom stereocenters. The molecule has 1 N–H and O–H groups in total. The van der Waals surface area contributed by atoms with Gasteiger partial charge in [0.05, 0.1) is 18.6 Å². The van der Waals surface area contributed by atoms with Crippen molar-refractivity contribution in [3.05, 3.63) is 36.3 Å². The van der Waals surface area contributed by atoms with Crippen molar-refractivity contribution in [2.75, 3.05) is 0 Å². The lowest BCUT2D eigenvalue weighted by Gasteiger charge is -2.32. The fourth-order valence-electron chi connectivity index (χ4n) is 1.97. The van der Waals surface area contributed by atoms with Crippen LogP contribution >= 0.6 is 0 Å². The lowest BCUT2D eigenvalue weighted by atomic mass is 9.72. The number of hydrogen-bond acceptors (Lipinski definition) is 2. The fourth-order valence-corrected chi connectivity index (χ4v) is 1.97. The molecule has 0 saturated carbocycles. The van der Waals surface area contributed by atoms with E-state index in [2.05, 4.69) is 13.5 Å². The Bertz CT molecular complexity index is 327. The van der Waals surface area contributed by atoms with Crippen molar-refractivity contribution >= 4 is 0 Å². The fraction of sp³-hybridized carbons (Fsp3) is 0.455. The molecule has 70 valence electrons. The van der Waals surface area contributed by atoms with E-state index in [1.54, 1.807) is 12.5 Å². The van der Waals surface area contributed by atoms with Crippen molar-refractivity contribution in [1.82, 2.24) is 0 Å². The number of aliphatic hydroxyl groups excluding tert-OH is 1. The van der Waals surface area contributed by atoms with Crippen molar-refractivity contribution in [2.24, 2.45) is 0 Å². The lowest BCUT2D eigenvalue weighted by molar-refractivity contribution is 0.144. The van der Waals surface area contributed by atoms with Gasteiger partial charge in [-0.05, 0) is 12.8 Å². The van der Waals surface area contributed by atoms with E-state index in [9.17, 15) is 5.11 Å². The van der Waals surface area contributed by atoms with E-state index in [4.69, 9.17) is 4.42 Å². The highest BCUT2D eigenvalue weighted by atomic mass is 16.3. The molecular weight excluding hydrogens is 164 g/mol.